The summed E-state index contributed by atoms with van der Waals surface area (Å²) in [5.41, 5.74) is 1.96. The van der Waals surface area contributed by atoms with Gasteiger partial charge in [-0.15, -0.1) is 0 Å². The van der Waals surface area contributed by atoms with E-state index in [1.165, 1.54) is 7.11 Å². The Morgan fingerprint density at radius 3 is 1.55 bits per heavy atom. The number of esters is 1. The quantitative estimate of drug-likeness (QED) is 0.443. The number of nitrogens with zero attached hydrogens (tertiary/aromatic N) is 2. The van der Waals surface area contributed by atoms with Crippen LogP contribution in [0.5, 0.6) is 0 Å². The number of likely N-dealkylation sites (tertiary alicyclic amines) is 2. The van der Waals surface area contributed by atoms with E-state index < -0.39 is 0 Å². The molecular formula is C29H38N2O7. The van der Waals surface area contributed by atoms with Crippen molar-refractivity contribution in [2.24, 2.45) is 11.8 Å². The smallest absolute Gasteiger partial charge is 0.410 e. The zero-order chi connectivity index (χ0) is 27.2. The Morgan fingerprint density at radius 1 is 0.737 bits per heavy atom. The van der Waals surface area contributed by atoms with E-state index in [4.69, 9.17) is 19.3 Å². The van der Waals surface area contributed by atoms with Crippen molar-refractivity contribution in [3.63, 3.8) is 0 Å². The number of benzene rings is 2. The van der Waals surface area contributed by atoms with Crippen LogP contribution in [0.2, 0.25) is 0 Å². The summed E-state index contributed by atoms with van der Waals surface area (Å²) in [7, 11) is 1.39. The lowest BCUT2D eigenvalue weighted by atomic mass is 9.97. The molecule has 2 aromatic carbocycles. The molecule has 1 N–H and O–H groups in total. The zero-order valence-electron chi connectivity index (χ0n) is 22.0. The van der Waals surface area contributed by atoms with E-state index >= 15 is 0 Å². The van der Waals surface area contributed by atoms with Crippen LogP contribution < -0.4 is 0 Å². The van der Waals surface area contributed by atoms with Crippen molar-refractivity contribution in [2.45, 2.75) is 38.9 Å². The minimum absolute atomic E-state index is 0.0989. The average molecular weight is 527 g/mol. The third kappa shape index (κ3) is 9.37. The van der Waals surface area contributed by atoms with E-state index in [1.807, 2.05) is 60.7 Å². The molecule has 2 fully saturated rings. The molecule has 2 aliphatic rings. The van der Waals surface area contributed by atoms with E-state index in [1.54, 1.807) is 9.80 Å². The molecule has 0 atom stereocenters. The van der Waals surface area contributed by atoms with Gasteiger partial charge in [-0.25, -0.2) is 9.59 Å². The molecule has 2 saturated heterocycles. The average Bonchev–Trinajstić information content (AvgIpc) is 2.99. The molecule has 0 radical (unpaired) electrons. The van der Waals surface area contributed by atoms with E-state index in [9.17, 15) is 14.4 Å². The summed E-state index contributed by atoms with van der Waals surface area (Å²) >= 11 is 0. The second-order valence-electron chi connectivity index (χ2n) is 9.48. The van der Waals surface area contributed by atoms with Crippen LogP contribution in [0.15, 0.2) is 60.7 Å². The summed E-state index contributed by atoms with van der Waals surface area (Å²) in [6.07, 6.45) is 2.40. The Labute approximate surface area is 224 Å². The van der Waals surface area contributed by atoms with Gasteiger partial charge >= 0.3 is 18.2 Å². The first-order chi connectivity index (χ1) is 18.5. The number of rotatable bonds is 6. The van der Waals surface area contributed by atoms with Crippen LogP contribution in [-0.2, 0) is 32.2 Å². The van der Waals surface area contributed by atoms with Crippen LogP contribution in [0.4, 0.5) is 9.59 Å². The number of amides is 2. The summed E-state index contributed by atoms with van der Waals surface area (Å²) in [6, 6.07) is 19.2. The first-order valence-corrected chi connectivity index (χ1v) is 13.1. The maximum absolute atomic E-state index is 11.9. The molecule has 4 rings (SSSR count). The van der Waals surface area contributed by atoms with E-state index in [-0.39, 0.29) is 37.3 Å². The summed E-state index contributed by atoms with van der Waals surface area (Å²) in [5, 5.41) is 9.03. The van der Waals surface area contributed by atoms with Gasteiger partial charge in [0.15, 0.2) is 0 Å². The Hall–Kier alpha value is -3.59. The highest BCUT2D eigenvalue weighted by molar-refractivity contribution is 5.73. The fourth-order valence-corrected chi connectivity index (χ4v) is 4.38. The van der Waals surface area contributed by atoms with Crippen molar-refractivity contribution in [3.05, 3.63) is 71.8 Å². The Bertz CT molecular complexity index is 987. The first-order valence-electron chi connectivity index (χ1n) is 13.1. The Kier molecular flexibility index (Phi) is 11.9. The molecule has 2 aliphatic heterocycles. The van der Waals surface area contributed by atoms with Gasteiger partial charge in [-0.2, -0.15) is 0 Å². The van der Waals surface area contributed by atoms with Gasteiger partial charge in [0.25, 0.3) is 0 Å². The van der Waals surface area contributed by atoms with Crippen LogP contribution >= 0.6 is 0 Å². The number of hydrogen-bond donors (Lipinski definition) is 1. The fourth-order valence-electron chi connectivity index (χ4n) is 4.38. The molecule has 38 heavy (non-hydrogen) atoms. The van der Waals surface area contributed by atoms with Crippen LogP contribution in [0.25, 0.3) is 0 Å². The first kappa shape index (κ1) is 29.0. The number of aliphatic hydroxyl groups is 1. The molecule has 0 aliphatic carbocycles. The van der Waals surface area contributed by atoms with Crippen molar-refractivity contribution < 1.29 is 33.7 Å². The maximum Gasteiger partial charge on any atom is 0.410 e. The van der Waals surface area contributed by atoms with Gasteiger partial charge in [-0.1, -0.05) is 60.7 Å². The summed E-state index contributed by atoms with van der Waals surface area (Å²) < 4.78 is 15.2. The van der Waals surface area contributed by atoms with Crippen LogP contribution in [0, 0.1) is 11.8 Å². The Morgan fingerprint density at radius 2 is 1.16 bits per heavy atom. The highest BCUT2D eigenvalue weighted by Crippen LogP contribution is 2.19. The number of piperidine rings is 2. The molecule has 206 valence electrons. The second kappa shape index (κ2) is 15.6. The van der Waals surface area contributed by atoms with Crippen LogP contribution in [0.1, 0.15) is 36.8 Å². The van der Waals surface area contributed by atoms with E-state index in [2.05, 4.69) is 0 Å². The van der Waals surface area contributed by atoms with Gasteiger partial charge in [0.2, 0.25) is 0 Å². The van der Waals surface area contributed by atoms with Crippen molar-refractivity contribution >= 4 is 18.2 Å². The summed E-state index contributed by atoms with van der Waals surface area (Å²) in [4.78, 5) is 38.5. The normalized spacial score (nSPS) is 16.2. The van der Waals surface area contributed by atoms with Crippen LogP contribution in [0.3, 0.4) is 0 Å². The summed E-state index contributed by atoms with van der Waals surface area (Å²) in [5.74, 6) is 0.0450. The molecule has 0 saturated carbocycles. The molecule has 2 amide bonds. The molecule has 0 spiro atoms. The van der Waals surface area contributed by atoms with Crippen molar-refractivity contribution in [1.82, 2.24) is 9.80 Å². The lowest BCUT2D eigenvalue weighted by Crippen LogP contribution is -2.40. The third-order valence-electron chi connectivity index (χ3n) is 6.83. The zero-order valence-corrected chi connectivity index (χ0v) is 22.0. The number of carbonyl (C=O) groups excluding carboxylic acids is 3. The topological polar surface area (TPSA) is 106 Å². The molecule has 2 heterocycles. The molecular weight excluding hydrogens is 488 g/mol. The molecule has 9 heteroatoms. The molecule has 0 bridgehead atoms. The number of ether oxygens (including phenoxy) is 3. The molecule has 2 aromatic rings. The third-order valence-corrected chi connectivity index (χ3v) is 6.83. The molecule has 0 aromatic heterocycles. The summed E-state index contributed by atoms with van der Waals surface area (Å²) in [6.45, 7) is 3.24. The fraction of sp³-hybridized carbons (Fsp3) is 0.483. The number of carbonyl (C=O) groups is 3. The van der Waals surface area contributed by atoms with Gasteiger partial charge in [-0.05, 0) is 42.7 Å². The highest BCUT2D eigenvalue weighted by Gasteiger charge is 2.28. The van der Waals surface area contributed by atoms with Gasteiger partial charge in [0, 0.05) is 32.8 Å². The van der Waals surface area contributed by atoms with Gasteiger partial charge in [0.05, 0.1) is 13.0 Å². The van der Waals surface area contributed by atoms with E-state index in [0.29, 0.717) is 51.5 Å². The SMILES string of the molecule is COC(=O)C1CCN(C(=O)OCc2ccccc2)CC1.O=C(OCc1ccccc1)N1CCC(CO)CC1. The minimum atomic E-state index is -0.322. The number of hydrogen-bond acceptors (Lipinski definition) is 7. The van der Waals surface area contributed by atoms with Gasteiger partial charge < -0.3 is 29.1 Å². The van der Waals surface area contributed by atoms with E-state index in [0.717, 1.165) is 24.0 Å². The monoisotopic (exact) mass is 526 g/mol. The predicted octanol–water partition coefficient (Wildman–Crippen LogP) is 4.24. The van der Waals surface area contributed by atoms with Crippen molar-refractivity contribution in [3.8, 4) is 0 Å². The largest absolute Gasteiger partial charge is 0.469 e. The second-order valence-corrected chi connectivity index (χ2v) is 9.48. The maximum atomic E-state index is 11.9. The standard InChI is InChI=1S/C15H19NO4.C14H19NO3/c1-19-14(17)13-7-9-16(10-8-13)15(18)20-11-12-5-3-2-4-6-12;16-10-12-6-8-15(9-7-12)14(17)18-11-13-4-2-1-3-5-13/h2-6,13H,7-11H2,1H3;1-5,12,16H,6-11H2. The van der Waals surface area contributed by atoms with Crippen molar-refractivity contribution in [2.75, 3.05) is 39.9 Å². The highest BCUT2D eigenvalue weighted by atomic mass is 16.6. The van der Waals surface area contributed by atoms with Gasteiger partial charge in [-0.3, -0.25) is 4.79 Å². The lowest BCUT2D eigenvalue weighted by molar-refractivity contribution is -0.146. The predicted molar refractivity (Wildman–Crippen MR) is 141 cm³/mol. The van der Waals surface area contributed by atoms with Gasteiger partial charge in [0.1, 0.15) is 13.2 Å². The lowest BCUT2D eigenvalue weighted by Gasteiger charge is -2.30. The molecule has 0 unspecified atom stereocenters. The molecule has 9 nitrogen and oxygen atoms in total. The Balaban J connectivity index is 0.000000212. The van der Waals surface area contributed by atoms with Crippen molar-refractivity contribution in [1.29, 1.82) is 0 Å². The van der Waals surface area contributed by atoms with Crippen LogP contribution in [-0.4, -0.2) is 73.0 Å². The number of aliphatic hydroxyl groups excluding tert-OH is 1. The minimum Gasteiger partial charge on any atom is -0.469 e. The number of methoxy groups -OCH3 is 1.